The van der Waals surface area contributed by atoms with Crippen molar-refractivity contribution in [2.24, 2.45) is 0 Å². The fraction of sp³-hybridized carbons (Fsp3) is 0.833. The molecular weight excluding hydrogens is 218 g/mol. The van der Waals surface area contributed by atoms with Gasteiger partial charge in [-0.1, -0.05) is 27.7 Å². The number of hydrogen-bond donors (Lipinski definition) is 1. The largest absolute Gasteiger partial charge is 0.315 e. The highest BCUT2D eigenvalue weighted by molar-refractivity contribution is 7.11. The molecule has 1 rings (SSSR count). The summed E-state index contributed by atoms with van der Waals surface area (Å²) in [6, 6.07) is 0.574. The summed E-state index contributed by atoms with van der Waals surface area (Å²) in [5.74, 6) is 0.556. The number of nitrogens with zero attached hydrogens (tertiary/aromatic N) is 2. The van der Waals surface area contributed by atoms with Gasteiger partial charge in [0.05, 0.1) is 0 Å². The van der Waals surface area contributed by atoms with Crippen molar-refractivity contribution in [1.29, 1.82) is 0 Å². The van der Waals surface area contributed by atoms with Crippen LogP contribution in [-0.4, -0.2) is 22.8 Å². The van der Waals surface area contributed by atoms with Crippen LogP contribution in [0.2, 0.25) is 0 Å². The zero-order chi connectivity index (χ0) is 12.0. The Morgan fingerprint density at radius 3 is 2.62 bits per heavy atom. The van der Waals surface area contributed by atoms with Gasteiger partial charge >= 0.3 is 0 Å². The Bertz CT molecular complexity index is 296. The molecule has 0 saturated heterocycles. The Labute approximate surface area is 103 Å². The van der Waals surface area contributed by atoms with Crippen molar-refractivity contribution in [2.75, 3.05) is 6.54 Å². The number of aryl methyl sites for hydroxylation is 1. The number of aromatic nitrogens is 2. The predicted octanol–water partition coefficient (Wildman–Crippen LogP) is 2.98. The van der Waals surface area contributed by atoms with Crippen LogP contribution < -0.4 is 5.32 Å². The third-order valence-electron chi connectivity index (χ3n) is 2.64. The quantitative estimate of drug-likeness (QED) is 0.746. The van der Waals surface area contributed by atoms with Gasteiger partial charge in [0.1, 0.15) is 10.0 Å². The number of hydrogen-bond acceptors (Lipinski definition) is 4. The molecular formula is C12H23N3S. The maximum absolute atomic E-state index is 4.25. The summed E-state index contributed by atoms with van der Waals surface area (Å²) in [6.45, 7) is 9.82. The second kappa shape index (κ2) is 6.97. The molecule has 1 atom stereocenters. The fourth-order valence-corrected chi connectivity index (χ4v) is 2.39. The zero-order valence-corrected chi connectivity index (χ0v) is 11.6. The average Bonchev–Trinajstić information content (AvgIpc) is 2.71. The van der Waals surface area contributed by atoms with Gasteiger partial charge in [-0.2, -0.15) is 0 Å². The number of rotatable bonds is 7. The lowest BCUT2D eigenvalue weighted by Gasteiger charge is -2.05. The molecule has 16 heavy (non-hydrogen) atoms. The summed E-state index contributed by atoms with van der Waals surface area (Å²) in [5.41, 5.74) is 0. The van der Waals surface area contributed by atoms with Gasteiger partial charge in [-0.25, -0.2) is 0 Å². The lowest BCUT2D eigenvalue weighted by molar-refractivity contribution is 0.569. The molecule has 1 aromatic rings. The molecule has 0 fully saturated rings. The Morgan fingerprint density at radius 1 is 1.25 bits per heavy atom. The fourth-order valence-electron chi connectivity index (χ4n) is 1.37. The molecule has 0 aliphatic carbocycles. The second-order valence-corrected chi connectivity index (χ2v) is 5.65. The van der Waals surface area contributed by atoms with Gasteiger partial charge in [-0.15, -0.1) is 21.5 Å². The summed E-state index contributed by atoms with van der Waals surface area (Å²) < 4.78 is 0. The molecule has 0 radical (unpaired) electrons. The minimum absolute atomic E-state index is 0.556. The van der Waals surface area contributed by atoms with Crippen molar-refractivity contribution >= 4 is 11.3 Å². The van der Waals surface area contributed by atoms with Gasteiger partial charge in [0, 0.05) is 18.4 Å². The average molecular weight is 241 g/mol. The molecule has 1 aromatic heterocycles. The Balaban J connectivity index is 2.29. The minimum Gasteiger partial charge on any atom is -0.315 e. The van der Waals surface area contributed by atoms with E-state index in [-0.39, 0.29) is 0 Å². The van der Waals surface area contributed by atoms with E-state index in [0.29, 0.717) is 12.0 Å². The van der Waals surface area contributed by atoms with Gasteiger partial charge in [-0.05, 0) is 19.4 Å². The lowest BCUT2D eigenvalue weighted by Crippen LogP contribution is -2.23. The first-order valence-electron chi connectivity index (χ1n) is 6.19. The van der Waals surface area contributed by atoms with E-state index in [1.807, 2.05) is 0 Å². The van der Waals surface area contributed by atoms with Crippen LogP contribution in [-0.2, 0) is 6.42 Å². The first-order chi connectivity index (χ1) is 7.63. The molecule has 0 saturated carbocycles. The highest BCUT2D eigenvalue weighted by Crippen LogP contribution is 2.22. The van der Waals surface area contributed by atoms with Gasteiger partial charge in [-0.3, -0.25) is 0 Å². The van der Waals surface area contributed by atoms with Crippen molar-refractivity contribution in [2.45, 2.75) is 58.9 Å². The van der Waals surface area contributed by atoms with Crippen LogP contribution >= 0.6 is 11.3 Å². The summed E-state index contributed by atoms with van der Waals surface area (Å²) >= 11 is 1.77. The molecule has 0 amide bonds. The van der Waals surface area contributed by atoms with Crippen molar-refractivity contribution in [3.05, 3.63) is 10.0 Å². The number of nitrogens with one attached hydrogen (secondary N) is 1. The maximum atomic E-state index is 4.25. The van der Waals surface area contributed by atoms with E-state index in [9.17, 15) is 0 Å². The van der Waals surface area contributed by atoms with Crippen LogP contribution in [0.25, 0.3) is 0 Å². The van der Waals surface area contributed by atoms with E-state index in [1.54, 1.807) is 11.3 Å². The molecule has 4 heteroatoms. The second-order valence-electron chi connectivity index (χ2n) is 4.56. The van der Waals surface area contributed by atoms with Crippen molar-refractivity contribution in [3.63, 3.8) is 0 Å². The van der Waals surface area contributed by atoms with Crippen LogP contribution in [0.15, 0.2) is 0 Å². The van der Waals surface area contributed by atoms with Crippen LogP contribution in [0.5, 0.6) is 0 Å². The van der Waals surface area contributed by atoms with E-state index in [4.69, 9.17) is 0 Å². The van der Waals surface area contributed by atoms with Gasteiger partial charge in [0.2, 0.25) is 0 Å². The highest BCUT2D eigenvalue weighted by Gasteiger charge is 2.09. The molecule has 92 valence electrons. The first kappa shape index (κ1) is 13.6. The summed E-state index contributed by atoms with van der Waals surface area (Å²) in [5, 5.41) is 14.3. The maximum Gasteiger partial charge on any atom is 0.120 e. The van der Waals surface area contributed by atoms with Gasteiger partial charge in [0.15, 0.2) is 0 Å². The predicted molar refractivity (Wildman–Crippen MR) is 70.1 cm³/mol. The van der Waals surface area contributed by atoms with E-state index >= 15 is 0 Å². The topological polar surface area (TPSA) is 37.8 Å². The van der Waals surface area contributed by atoms with Crippen molar-refractivity contribution < 1.29 is 0 Å². The van der Waals surface area contributed by atoms with E-state index in [0.717, 1.165) is 25.8 Å². The van der Waals surface area contributed by atoms with E-state index < -0.39 is 0 Å². The van der Waals surface area contributed by atoms with Crippen LogP contribution in [0.4, 0.5) is 0 Å². The van der Waals surface area contributed by atoms with E-state index in [1.165, 1.54) is 10.0 Å². The molecule has 1 unspecified atom stereocenters. The van der Waals surface area contributed by atoms with Crippen LogP contribution in [0, 0.1) is 0 Å². The molecule has 0 aliphatic rings. The molecule has 0 spiro atoms. The normalized spacial score (nSPS) is 13.3. The van der Waals surface area contributed by atoms with Gasteiger partial charge in [0.25, 0.3) is 0 Å². The highest BCUT2D eigenvalue weighted by atomic mass is 32.1. The monoisotopic (exact) mass is 241 g/mol. The van der Waals surface area contributed by atoms with Crippen molar-refractivity contribution in [1.82, 2.24) is 15.5 Å². The van der Waals surface area contributed by atoms with Crippen molar-refractivity contribution in [3.8, 4) is 0 Å². The Kier molecular flexibility index (Phi) is 5.91. The SMILES string of the molecule is CCC(C)c1nnc(CCCNC(C)C)s1. The minimum atomic E-state index is 0.556. The first-order valence-corrected chi connectivity index (χ1v) is 7.00. The Morgan fingerprint density at radius 2 is 2.00 bits per heavy atom. The lowest BCUT2D eigenvalue weighted by atomic mass is 10.1. The summed E-state index contributed by atoms with van der Waals surface area (Å²) in [6.07, 6.45) is 3.34. The van der Waals surface area contributed by atoms with E-state index in [2.05, 4.69) is 43.2 Å². The third kappa shape index (κ3) is 4.58. The van der Waals surface area contributed by atoms with Gasteiger partial charge < -0.3 is 5.32 Å². The molecule has 3 nitrogen and oxygen atoms in total. The third-order valence-corrected chi connectivity index (χ3v) is 3.85. The zero-order valence-electron chi connectivity index (χ0n) is 10.8. The van der Waals surface area contributed by atoms with Crippen LogP contribution in [0.1, 0.15) is 56.5 Å². The smallest absolute Gasteiger partial charge is 0.120 e. The molecule has 1 N–H and O–H groups in total. The van der Waals surface area contributed by atoms with Crippen LogP contribution in [0.3, 0.4) is 0 Å². The summed E-state index contributed by atoms with van der Waals surface area (Å²) in [7, 11) is 0. The standard InChI is InChI=1S/C12H23N3S/c1-5-10(4)12-15-14-11(16-12)7-6-8-13-9(2)3/h9-10,13H,5-8H2,1-4H3. The molecule has 1 heterocycles. The molecule has 0 bridgehead atoms. The molecule has 0 aliphatic heterocycles. The summed E-state index contributed by atoms with van der Waals surface area (Å²) in [4.78, 5) is 0. The molecule has 0 aromatic carbocycles. The Hall–Kier alpha value is -0.480.